The third-order valence-electron chi connectivity index (χ3n) is 1.83. The molecule has 80 valence electrons. The molecule has 0 aromatic carbocycles. The van der Waals surface area contributed by atoms with Crippen LogP contribution in [0.3, 0.4) is 0 Å². The van der Waals surface area contributed by atoms with E-state index in [1.165, 1.54) is 0 Å². The number of carbonyl (C=O) groups is 1. The lowest BCUT2D eigenvalue weighted by molar-refractivity contribution is -0.114. The Morgan fingerprint density at radius 1 is 1.47 bits per heavy atom. The molecule has 1 heterocycles. The number of allylic oxidation sites excluding steroid dienone is 2. The van der Waals surface area contributed by atoms with Gasteiger partial charge in [-0.05, 0) is 25.5 Å². The SMILES string of the molecule is COc1ccc(CC(=O)C=C(C)C)cn1. The van der Waals surface area contributed by atoms with E-state index in [9.17, 15) is 4.79 Å². The number of hydrogen-bond acceptors (Lipinski definition) is 3. The molecule has 15 heavy (non-hydrogen) atoms. The van der Waals surface area contributed by atoms with Crippen LogP contribution in [0.2, 0.25) is 0 Å². The number of methoxy groups -OCH3 is 1. The number of aromatic nitrogens is 1. The summed E-state index contributed by atoms with van der Waals surface area (Å²) in [5, 5.41) is 0. The van der Waals surface area contributed by atoms with E-state index in [2.05, 4.69) is 4.98 Å². The van der Waals surface area contributed by atoms with Crippen molar-refractivity contribution in [3.8, 4) is 5.88 Å². The van der Waals surface area contributed by atoms with Crippen LogP contribution in [0.5, 0.6) is 5.88 Å². The molecule has 0 saturated heterocycles. The Bertz CT molecular complexity index is 362. The first-order valence-corrected chi connectivity index (χ1v) is 4.78. The summed E-state index contributed by atoms with van der Waals surface area (Å²) >= 11 is 0. The van der Waals surface area contributed by atoms with E-state index in [1.54, 1.807) is 25.4 Å². The highest BCUT2D eigenvalue weighted by atomic mass is 16.5. The van der Waals surface area contributed by atoms with E-state index < -0.39 is 0 Å². The van der Waals surface area contributed by atoms with Gasteiger partial charge in [0, 0.05) is 18.7 Å². The van der Waals surface area contributed by atoms with Crippen LogP contribution >= 0.6 is 0 Å². The van der Waals surface area contributed by atoms with Gasteiger partial charge in [0.2, 0.25) is 5.88 Å². The third kappa shape index (κ3) is 3.94. The normalized spacial score (nSPS) is 9.53. The molecule has 0 amide bonds. The molecule has 3 heteroatoms. The second kappa shape index (κ2) is 5.29. The van der Waals surface area contributed by atoms with Crippen molar-refractivity contribution in [3.05, 3.63) is 35.5 Å². The zero-order valence-electron chi connectivity index (χ0n) is 9.28. The van der Waals surface area contributed by atoms with Crippen LogP contribution in [0.25, 0.3) is 0 Å². The third-order valence-corrected chi connectivity index (χ3v) is 1.83. The van der Waals surface area contributed by atoms with E-state index in [0.29, 0.717) is 12.3 Å². The molecular formula is C12H15NO2. The first kappa shape index (κ1) is 11.4. The Labute approximate surface area is 89.8 Å². The van der Waals surface area contributed by atoms with Crippen molar-refractivity contribution in [1.29, 1.82) is 0 Å². The molecule has 0 aliphatic carbocycles. The summed E-state index contributed by atoms with van der Waals surface area (Å²) < 4.78 is 4.93. The van der Waals surface area contributed by atoms with Crippen molar-refractivity contribution >= 4 is 5.78 Å². The summed E-state index contributed by atoms with van der Waals surface area (Å²) in [5.74, 6) is 0.662. The highest BCUT2D eigenvalue weighted by Gasteiger charge is 2.01. The molecule has 0 saturated carbocycles. The maximum atomic E-state index is 11.4. The van der Waals surface area contributed by atoms with Crippen LogP contribution in [-0.4, -0.2) is 17.9 Å². The van der Waals surface area contributed by atoms with Crippen LogP contribution in [0, 0.1) is 0 Å². The fraction of sp³-hybridized carbons (Fsp3) is 0.333. The predicted octanol–water partition coefficient (Wildman–Crippen LogP) is 2.17. The average molecular weight is 205 g/mol. The monoisotopic (exact) mass is 205 g/mol. The Kier molecular flexibility index (Phi) is 4.03. The lowest BCUT2D eigenvalue weighted by atomic mass is 10.1. The topological polar surface area (TPSA) is 39.2 Å². The van der Waals surface area contributed by atoms with Crippen molar-refractivity contribution in [2.24, 2.45) is 0 Å². The van der Waals surface area contributed by atoms with Crippen molar-refractivity contribution in [1.82, 2.24) is 4.98 Å². The molecule has 1 rings (SSSR count). The Morgan fingerprint density at radius 2 is 2.20 bits per heavy atom. The molecule has 1 aromatic heterocycles. The molecular weight excluding hydrogens is 190 g/mol. The number of ether oxygens (including phenoxy) is 1. The number of hydrogen-bond donors (Lipinski definition) is 0. The van der Waals surface area contributed by atoms with Crippen molar-refractivity contribution in [2.75, 3.05) is 7.11 Å². The zero-order valence-corrected chi connectivity index (χ0v) is 9.28. The molecule has 0 fully saturated rings. The molecule has 0 atom stereocenters. The van der Waals surface area contributed by atoms with E-state index in [1.807, 2.05) is 19.9 Å². The smallest absolute Gasteiger partial charge is 0.212 e. The van der Waals surface area contributed by atoms with Gasteiger partial charge in [-0.25, -0.2) is 4.98 Å². The van der Waals surface area contributed by atoms with E-state index in [-0.39, 0.29) is 5.78 Å². The highest BCUT2D eigenvalue weighted by Crippen LogP contribution is 2.07. The van der Waals surface area contributed by atoms with Gasteiger partial charge in [-0.1, -0.05) is 11.6 Å². The molecule has 3 nitrogen and oxygen atoms in total. The fourth-order valence-corrected chi connectivity index (χ4v) is 1.21. The minimum atomic E-state index is 0.0990. The van der Waals surface area contributed by atoms with Gasteiger partial charge < -0.3 is 4.74 Å². The first-order valence-electron chi connectivity index (χ1n) is 4.78. The highest BCUT2D eigenvalue weighted by molar-refractivity contribution is 5.91. The molecule has 0 N–H and O–H groups in total. The number of rotatable bonds is 4. The van der Waals surface area contributed by atoms with Gasteiger partial charge in [0.1, 0.15) is 0 Å². The number of carbonyl (C=O) groups excluding carboxylic acids is 1. The lowest BCUT2D eigenvalue weighted by Gasteiger charge is -2.00. The molecule has 0 aliphatic rings. The molecule has 0 unspecified atom stereocenters. The number of pyridine rings is 1. The second-order valence-corrected chi connectivity index (χ2v) is 3.57. The minimum Gasteiger partial charge on any atom is -0.481 e. The van der Waals surface area contributed by atoms with Crippen molar-refractivity contribution in [3.63, 3.8) is 0 Å². The Balaban J connectivity index is 2.65. The van der Waals surface area contributed by atoms with Gasteiger partial charge in [0.25, 0.3) is 0 Å². The second-order valence-electron chi connectivity index (χ2n) is 3.57. The van der Waals surface area contributed by atoms with Gasteiger partial charge in [0.15, 0.2) is 5.78 Å². The summed E-state index contributed by atoms with van der Waals surface area (Å²) in [5.41, 5.74) is 1.92. The molecule has 0 radical (unpaired) electrons. The quantitative estimate of drug-likeness (QED) is 0.707. The van der Waals surface area contributed by atoms with Crippen molar-refractivity contribution in [2.45, 2.75) is 20.3 Å². The van der Waals surface area contributed by atoms with Gasteiger partial charge >= 0.3 is 0 Å². The Hall–Kier alpha value is -1.64. The standard InChI is InChI=1S/C12H15NO2/c1-9(2)6-11(14)7-10-4-5-12(15-3)13-8-10/h4-6,8H,7H2,1-3H3. The maximum absolute atomic E-state index is 11.4. The summed E-state index contributed by atoms with van der Waals surface area (Å²) in [6, 6.07) is 3.60. The number of nitrogens with zero attached hydrogens (tertiary/aromatic N) is 1. The van der Waals surface area contributed by atoms with E-state index in [4.69, 9.17) is 4.74 Å². The first-order chi connectivity index (χ1) is 7.11. The van der Waals surface area contributed by atoms with Gasteiger partial charge in [-0.15, -0.1) is 0 Å². The van der Waals surface area contributed by atoms with Crippen LogP contribution in [-0.2, 0) is 11.2 Å². The Morgan fingerprint density at radius 3 is 2.67 bits per heavy atom. The van der Waals surface area contributed by atoms with Gasteiger partial charge in [0.05, 0.1) is 7.11 Å². The maximum Gasteiger partial charge on any atom is 0.212 e. The van der Waals surface area contributed by atoms with Crippen molar-refractivity contribution < 1.29 is 9.53 Å². The lowest BCUT2D eigenvalue weighted by Crippen LogP contribution is -2.00. The van der Waals surface area contributed by atoms with E-state index in [0.717, 1.165) is 11.1 Å². The van der Waals surface area contributed by atoms with Crippen LogP contribution in [0.15, 0.2) is 30.0 Å². The number of ketones is 1. The predicted molar refractivity (Wildman–Crippen MR) is 58.9 cm³/mol. The largest absolute Gasteiger partial charge is 0.481 e. The van der Waals surface area contributed by atoms with E-state index >= 15 is 0 Å². The van der Waals surface area contributed by atoms with Crippen LogP contribution in [0.1, 0.15) is 19.4 Å². The summed E-state index contributed by atoms with van der Waals surface area (Å²) in [4.78, 5) is 15.5. The van der Waals surface area contributed by atoms with Gasteiger partial charge in [-0.3, -0.25) is 4.79 Å². The van der Waals surface area contributed by atoms with Crippen LogP contribution in [0.4, 0.5) is 0 Å². The van der Waals surface area contributed by atoms with Crippen LogP contribution < -0.4 is 4.74 Å². The molecule has 0 aliphatic heterocycles. The molecule has 0 bridgehead atoms. The minimum absolute atomic E-state index is 0.0990. The zero-order chi connectivity index (χ0) is 11.3. The summed E-state index contributed by atoms with van der Waals surface area (Å²) in [6.45, 7) is 3.81. The molecule has 0 spiro atoms. The molecule has 1 aromatic rings. The fourth-order valence-electron chi connectivity index (χ4n) is 1.21. The summed E-state index contributed by atoms with van der Waals surface area (Å²) in [7, 11) is 1.57. The summed E-state index contributed by atoms with van der Waals surface area (Å²) in [6.07, 6.45) is 3.70. The average Bonchev–Trinajstić information content (AvgIpc) is 2.17. The van der Waals surface area contributed by atoms with Gasteiger partial charge in [-0.2, -0.15) is 0 Å².